The summed E-state index contributed by atoms with van der Waals surface area (Å²) in [6.45, 7) is 14.2. The zero-order chi connectivity index (χ0) is 16.2. The first kappa shape index (κ1) is 17.9. The lowest BCUT2D eigenvalue weighted by atomic mass is 10.1. The molecule has 0 amide bonds. The monoisotopic (exact) mass is 314 g/mol. The molecule has 0 aromatic carbocycles. The summed E-state index contributed by atoms with van der Waals surface area (Å²) in [4.78, 5) is 0. The third-order valence-electron chi connectivity index (χ3n) is 3.80. The molecule has 22 heavy (non-hydrogen) atoms. The minimum atomic E-state index is -0.484. The molecule has 2 atom stereocenters. The fourth-order valence-corrected chi connectivity index (χ4v) is 2.74. The van der Waals surface area contributed by atoms with E-state index in [0.29, 0.717) is 26.4 Å². The van der Waals surface area contributed by atoms with Gasteiger partial charge in [0.15, 0.2) is 11.6 Å². The Kier molecular flexibility index (Phi) is 6.02. The van der Waals surface area contributed by atoms with Crippen LogP contribution in [0.5, 0.6) is 0 Å². The molecule has 2 aliphatic rings. The zero-order valence-corrected chi connectivity index (χ0v) is 14.4. The highest BCUT2D eigenvalue weighted by Gasteiger charge is 2.33. The number of rotatable bonds is 8. The lowest BCUT2D eigenvalue weighted by Gasteiger charge is -2.17. The van der Waals surface area contributed by atoms with Gasteiger partial charge in [0.25, 0.3) is 0 Å². The highest BCUT2D eigenvalue weighted by molar-refractivity contribution is 4.94. The smallest absolute Gasteiger partial charge is 0.163 e. The Hall–Kier alpha value is -0.460. The minimum Gasteiger partial charge on any atom is -0.374 e. The SMILES string of the molecule is C=C(CCC[C@H]1COC(C)(C)O1)COC[C@H]1COC(C)(C)O1. The lowest BCUT2D eigenvalue weighted by molar-refractivity contribution is -0.144. The molecule has 2 heterocycles. The molecule has 0 unspecified atom stereocenters. The first-order chi connectivity index (χ1) is 10.3. The van der Waals surface area contributed by atoms with Gasteiger partial charge in [-0.25, -0.2) is 0 Å². The van der Waals surface area contributed by atoms with Gasteiger partial charge in [0.05, 0.1) is 32.5 Å². The van der Waals surface area contributed by atoms with Crippen molar-refractivity contribution in [1.29, 1.82) is 0 Å². The lowest BCUT2D eigenvalue weighted by Crippen LogP contribution is -2.24. The van der Waals surface area contributed by atoms with Crippen LogP contribution < -0.4 is 0 Å². The molecule has 2 rings (SSSR count). The second kappa shape index (κ2) is 7.41. The van der Waals surface area contributed by atoms with E-state index in [1.807, 2.05) is 27.7 Å². The second-order valence-corrected chi connectivity index (χ2v) is 7.06. The molecule has 128 valence electrons. The van der Waals surface area contributed by atoms with Crippen molar-refractivity contribution in [3.63, 3.8) is 0 Å². The third-order valence-corrected chi connectivity index (χ3v) is 3.80. The van der Waals surface area contributed by atoms with Gasteiger partial charge < -0.3 is 23.7 Å². The number of hydrogen-bond donors (Lipinski definition) is 0. The molecule has 2 aliphatic heterocycles. The summed E-state index contributed by atoms with van der Waals surface area (Å²) in [6.07, 6.45) is 3.22. The maximum Gasteiger partial charge on any atom is 0.163 e. The van der Waals surface area contributed by atoms with Crippen molar-refractivity contribution in [2.24, 2.45) is 0 Å². The summed E-state index contributed by atoms with van der Waals surface area (Å²) in [5.41, 5.74) is 1.11. The van der Waals surface area contributed by atoms with Gasteiger partial charge in [-0.05, 0) is 47.0 Å². The van der Waals surface area contributed by atoms with Crippen molar-refractivity contribution in [2.75, 3.05) is 26.4 Å². The Morgan fingerprint density at radius 2 is 1.64 bits per heavy atom. The summed E-state index contributed by atoms with van der Waals surface area (Å²) in [6, 6.07) is 0. The standard InChI is InChI=1S/C17H30O5/c1-13(7-6-8-14-11-19-16(2,3)21-14)9-18-10-15-12-20-17(4,5)22-15/h14-15H,1,6-12H2,2-5H3/t14-,15-/m0/s1. The Morgan fingerprint density at radius 3 is 2.18 bits per heavy atom. The van der Waals surface area contributed by atoms with E-state index in [1.54, 1.807) is 0 Å². The molecule has 0 aromatic rings. The molecular formula is C17H30O5. The Morgan fingerprint density at radius 1 is 1.05 bits per heavy atom. The van der Waals surface area contributed by atoms with Crippen LogP contribution in [0, 0.1) is 0 Å². The van der Waals surface area contributed by atoms with E-state index in [9.17, 15) is 0 Å². The molecule has 0 radical (unpaired) electrons. The molecule has 5 nitrogen and oxygen atoms in total. The molecule has 0 spiro atoms. The first-order valence-electron chi connectivity index (χ1n) is 8.14. The van der Waals surface area contributed by atoms with Crippen LogP contribution in [-0.4, -0.2) is 50.2 Å². The van der Waals surface area contributed by atoms with E-state index in [4.69, 9.17) is 23.7 Å². The summed E-state index contributed by atoms with van der Waals surface area (Å²) in [5, 5.41) is 0. The fraction of sp³-hybridized carbons (Fsp3) is 0.882. The highest BCUT2D eigenvalue weighted by Crippen LogP contribution is 2.26. The van der Waals surface area contributed by atoms with Crippen LogP contribution in [-0.2, 0) is 23.7 Å². The van der Waals surface area contributed by atoms with Gasteiger partial charge in [0.1, 0.15) is 6.10 Å². The molecular weight excluding hydrogens is 284 g/mol. The Bertz CT molecular complexity index is 343. The van der Waals surface area contributed by atoms with Crippen LogP contribution in [0.15, 0.2) is 12.2 Å². The van der Waals surface area contributed by atoms with Crippen molar-refractivity contribution < 1.29 is 23.7 Å². The van der Waals surface area contributed by atoms with E-state index in [0.717, 1.165) is 24.8 Å². The highest BCUT2D eigenvalue weighted by atomic mass is 16.8. The van der Waals surface area contributed by atoms with Gasteiger partial charge in [-0.3, -0.25) is 0 Å². The van der Waals surface area contributed by atoms with Crippen LogP contribution in [0.25, 0.3) is 0 Å². The van der Waals surface area contributed by atoms with Crippen molar-refractivity contribution >= 4 is 0 Å². The van der Waals surface area contributed by atoms with Crippen LogP contribution >= 0.6 is 0 Å². The van der Waals surface area contributed by atoms with E-state index in [-0.39, 0.29) is 12.2 Å². The summed E-state index contributed by atoms with van der Waals surface area (Å²) in [7, 11) is 0. The topological polar surface area (TPSA) is 46.2 Å². The van der Waals surface area contributed by atoms with E-state index in [1.165, 1.54) is 0 Å². The first-order valence-corrected chi connectivity index (χ1v) is 8.14. The zero-order valence-electron chi connectivity index (χ0n) is 14.4. The molecule has 2 saturated heterocycles. The molecule has 2 fully saturated rings. The molecule has 5 heteroatoms. The van der Waals surface area contributed by atoms with Crippen molar-refractivity contribution in [3.8, 4) is 0 Å². The van der Waals surface area contributed by atoms with Gasteiger partial charge >= 0.3 is 0 Å². The number of hydrogen-bond acceptors (Lipinski definition) is 5. The Labute approximate surface area is 133 Å². The summed E-state index contributed by atoms with van der Waals surface area (Å²) >= 11 is 0. The van der Waals surface area contributed by atoms with Crippen molar-refractivity contribution in [3.05, 3.63) is 12.2 Å². The molecule has 0 aliphatic carbocycles. The summed E-state index contributed by atoms with van der Waals surface area (Å²) in [5.74, 6) is -0.913. The largest absolute Gasteiger partial charge is 0.374 e. The average Bonchev–Trinajstić information content (AvgIpc) is 2.92. The van der Waals surface area contributed by atoms with Crippen molar-refractivity contribution in [1.82, 2.24) is 0 Å². The van der Waals surface area contributed by atoms with Gasteiger partial charge in [0, 0.05) is 0 Å². The average molecular weight is 314 g/mol. The van der Waals surface area contributed by atoms with Gasteiger partial charge in [-0.15, -0.1) is 0 Å². The van der Waals surface area contributed by atoms with E-state index >= 15 is 0 Å². The fourth-order valence-electron chi connectivity index (χ4n) is 2.74. The second-order valence-electron chi connectivity index (χ2n) is 7.06. The molecule has 0 bridgehead atoms. The summed E-state index contributed by atoms with van der Waals surface area (Å²) < 4.78 is 28.2. The van der Waals surface area contributed by atoms with Gasteiger partial charge in [-0.1, -0.05) is 12.2 Å². The van der Waals surface area contributed by atoms with Crippen LogP contribution in [0.2, 0.25) is 0 Å². The third kappa shape index (κ3) is 5.97. The normalized spacial score (nSPS) is 29.8. The molecule has 0 N–H and O–H groups in total. The van der Waals surface area contributed by atoms with Gasteiger partial charge in [-0.2, -0.15) is 0 Å². The van der Waals surface area contributed by atoms with Crippen LogP contribution in [0.1, 0.15) is 47.0 Å². The van der Waals surface area contributed by atoms with Crippen LogP contribution in [0.3, 0.4) is 0 Å². The van der Waals surface area contributed by atoms with Crippen LogP contribution in [0.4, 0.5) is 0 Å². The predicted octanol–water partition coefficient (Wildman–Crippen LogP) is 3.03. The minimum absolute atomic E-state index is 0.0223. The maximum atomic E-state index is 5.79. The maximum absolute atomic E-state index is 5.79. The Balaban J connectivity index is 1.50. The molecule has 0 saturated carbocycles. The van der Waals surface area contributed by atoms with E-state index < -0.39 is 11.6 Å². The van der Waals surface area contributed by atoms with Crippen molar-refractivity contribution in [2.45, 2.75) is 70.7 Å². The number of ether oxygens (including phenoxy) is 5. The predicted molar refractivity (Wildman–Crippen MR) is 83.6 cm³/mol. The van der Waals surface area contributed by atoms with E-state index in [2.05, 4.69) is 6.58 Å². The quantitative estimate of drug-likeness (QED) is 0.644. The molecule has 0 aromatic heterocycles. The van der Waals surface area contributed by atoms with Gasteiger partial charge in [0.2, 0.25) is 0 Å².